The van der Waals surface area contributed by atoms with Crippen LogP contribution in [0.5, 0.6) is 0 Å². The molecule has 0 bridgehead atoms. The van der Waals surface area contributed by atoms with Crippen LogP contribution in [0.25, 0.3) is 0 Å². The number of hydrogen-bond donors (Lipinski definition) is 3. The third-order valence-corrected chi connectivity index (χ3v) is 2.18. The number of halogens is 3. The lowest BCUT2D eigenvalue weighted by Crippen LogP contribution is -2.09. The van der Waals surface area contributed by atoms with E-state index in [-0.39, 0.29) is 0 Å². The van der Waals surface area contributed by atoms with Crippen LogP contribution in [-0.2, 0) is 27.0 Å². The summed E-state index contributed by atoms with van der Waals surface area (Å²) in [5.74, 6) is 1.15. The Balaban J connectivity index is 0.000000626. The molecule has 0 aliphatic carbocycles. The Labute approximate surface area is 123 Å². The first kappa shape index (κ1) is 19.6. The third-order valence-electron chi connectivity index (χ3n) is 2.18. The lowest BCUT2D eigenvalue weighted by atomic mass is 10.1. The van der Waals surface area contributed by atoms with E-state index in [0.717, 1.165) is 17.7 Å². The van der Waals surface area contributed by atoms with E-state index in [9.17, 15) is 13.2 Å². The highest BCUT2D eigenvalue weighted by Gasteiger charge is 2.29. The molecular weight excluding hydrogens is 307 g/mol. The summed E-state index contributed by atoms with van der Waals surface area (Å²) >= 11 is 0. The van der Waals surface area contributed by atoms with Crippen molar-refractivity contribution < 1.29 is 37.8 Å². The second kappa shape index (κ2) is 9.53. The first-order chi connectivity index (χ1) is 10.2. The molecule has 9 heteroatoms. The molecule has 0 heterocycles. The van der Waals surface area contributed by atoms with Gasteiger partial charge in [0.1, 0.15) is 0 Å². The first-order valence-corrected chi connectivity index (χ1v) is 5.77. The lowest BCUT2D eigenvalue weighted by Gasteiger charge is -2.06. The molecule has 0 amide bonds. The van der Waals surface area contributed by atoms with Gasteiger partial charge in [-0.1, -0.05) is 24.3 Å². The van der Waals surface area contributed by atoms with E-state index in [1.165, 1.54) is 12.1 Å². The summed E-state index contributed by atoms with van der Waals surface area (Å²) < 4.78 is 36.7. The van der Waals surface area contributed by atoms with Crippen LogP contribution in [0.1, 0.15) is 11.1 Å². The zero-order chi connectivity index (χ0) is 17.2. The fourth-order valence-electron chi connectivity index (χ4n) is 1.17. The number of rotatable bonds is 4. The summed E-state index contributed by atoms with van der Waals surface area (Å²) in [7, 11) is 0. The minimum Gasteiger partial charge on any atom is -0.473 e. The van der Waals surface area contributed by atoms with Crippen molar-refractivity contribution in [1.82, 2.24) is 0 Å². The number of aliphatic carboxylic acids is 2. The van der Waals surface area contributed by atoms with Gasteiger partial charge < -0.3 is 15.1 Å². The average molecular weight is 321 g/mol. The van der Waals surface area contributed by atoms with Crippen LogP contribution in [0.15, 0.2) is 36.4 Å². The number of benzene rings is 1. The smallest absolute Gasteiger partial charge is 0.416 e. The second-order valence-corrected chi connectivity index (χ2v) is 3.81. The quantitative estimate of drug-likeness (QED) is 0.443. The van der Waals surface area contributed by atoms with E-state index in [2.05, 4.69) is 4.84 Å². The predicted octanol–water partition coefficient (Wildman–Crippen LogP) is 1.85. The topological polar surface area (TPSA) is 110 Å². The predicted molar refractivity (Wildman–Crippen MR) is 69.7 cm³/mol. The van der Waals surface area contributed by atoms with Gasteiger partial charge >= 0.3 is 18.1 Å². The minimum atomic E-state index is -4.28. The van der Waals surface area contributed by atoms with Crippen molar-refractivity contribution in [3.63, 3.8) is 0 Å². The molecule has 0 fully saturated rings. The van der Waals surface area contributed by atoms with E-state index in [1.807, 2.05) is 0 Å². The van der Waals surface area contributed by atoms with Gasteiger partial charge in [-0.25, -0.2) is 15.5 Å². The van der Waals surface area contributed by atoms with Crippen molar-refractivity contribution >= 4 is 11.9 Å². The normalized spacial score (nSPS) is 10.9. The standard InChI is InChI=1S/C11H12F3NO.C2H2O4/c12-11(13,14)10-6-4-9(5-7-10)3-1-2-8-16-15;3-1(4)2(5)6/h1-2,4-7H,3,8,15H2;(H,3,4)(H,5,6)/b2-1+;. The molecule has 122 valence electrons. The SMILES string of the molecule is NOC/C=C/Cc1ccc(C(F)(F)F)cc1.O=C(O)C(=O)O. The van der Waals surface area contributed by atoms with Gasteiger partial charge in [-0.05, 0) is 24.1 Å². The van der Waals surface area contributed by atoms with Crippen molar-refractivity contribution in [3.05, 3.63) is 47.5 Å². The molecule has 4 N–H and O–H groups in total. The molecule has 1 rings (SSSR count). The Morgan fingerprint density at radius 3 is 1.95 bits per heavy atom. The average Bonchev–Trinajstić information content (AvgIpc) is 2.44. The van der Waals surface area contributed by atoms with Crippen LogP contribution >= 0.6 is 0 Å². The van der Waals surface area contributed by atoms with Crippen LogP contribution in [0.2, 0.25) is 0 Å². The summed E-state index contributed by atoms with van der Waals surface area (Å²) in [4.78, 5) is 22.5. The fraction of sp³-hybridized carbons (Fsp3) is 0.231. The summed E-state index contributed by atoms with van der Waals surface area (Å²) in [5.41, 5.74) is 0.173. The lowest BCUT2D eigenvalue weighted by molar-refractivity contribution is -0.159. The molecule has 0 saturated carbocycles. The molecule has 0 saturated heterocycles. The summed E-state index contributed by atoms with van der Waals surface area (Å²) in [6, 6.07) is 5.05. The summed E-state index contributed by atoms with van der Waals surface area (Å²) in [6.07, 6.45) is -0.226. The maximum absolute atomic E-state index is 12.2. The molecule has 0 aliphatic heterocycles. The van der Waals surface area contributed by atoms with Crippen LogP contribution in [0, 0.1) is 0 Å². The Morgan fingerprint density at radius 2 is 1.59 bits per heavy atom. The third kappa shape index (κ3) is 8.72. The molecule has 0 unspecified atom stereocenters. The summed E-state index contributed by atoms with van der Waals surface area (Å²) in [6.45, 7) is 0.292. The van der Waals surface area contributed by atoms with Crippen LogP contribution in [0.4, 0.5) is 13.2 Å². The van der Waals surface area contributed by atoms with Crippen molar-refractivity contribution in [1.29, 1.82) is 0 Å². The van der Waals surface area contributed by atoms with Crippen molar-refractivity contribution in [2.24, 2.45) is 5.90 Å². The van der Waals surface area contributed by atoms with Gasteiger partial charge in [0.25, 0.3) is 0 Å². The Kier molecular flexibility index (Phi) is 8.49. The molecule has 1 aromatic rings. The van der Waals surface area contributed by atoms with Crippen LogP contribution in [0.3, 0.4) is 0 Å². The maximum atomic E-state index is 12.2. The van der Waals surface area contributed by atoms with Gasteiger partial charge in [0.05, 0.1) is 12.2 Å². The molecule has 0 spiro atoms. The van der Waals surface area contributed by atoms with E-state index >= 15 is 0 Å². The number of carbonyl (C=O) groups is 2. The van der Waals surface area contributed by atoms with Crippen molar-refractivity contribution in [2.45, 2.75) is 12.6 Å². The van der Waals surface area contributed by atoms with Gasteiger partial charge in [0.15, 0.2) is 0 Å². The number of alkyl halides is 3. The number of carboxylic acids is 2. The number of carboxylic acid groups (broad SMARTS) is 2. The molecule has 6 nitrogen and oxygen atoms in total. The van der Waals surface area contributed by atoms with E-state index in [4.69, 9.17) is 25.7 Å². The molecule has 0 aliphatic rings. The minimum absolute atomic E-state index is 0.292. The number of allylic oxidation sites excluding steroid dienone is 1. The van der Waals surface area contributed by atoms with Gasteiger partial charge in [-0.2, -0.15) is 13.2 Å². The molecule has 1 aromatic carbocycles. The fourth-order valence-corrected chi connectivity index (χ4v) is 1.17. The van der Waals surface area contributed by atoms with Crippen molar-refractivity contribution in [2.75, 3.05) is 6.61 Å². The number of hydrogen-bond acceptors (Lipinski definition) is 4. The van der Waals surface area contributed by atoms with Gasteiger partial charge in [0, 0.05) is 0 Å². The highest BCUT2D eigenvalue weighted by molar-refractivity contribution is 6.27. The number of nitrogens with two attached hydrogens (primary N) is 1. The van der Waals surface area contributed by atoms with Gasteiger partial charge in [0.2, 0.25) is 0 Å². The van der Waals surface area contributed by atoms with Gasteiger partial charge in [-0.3, -0.25) is 0 Å². The van der Waals surface area contributed by atoms with E-state index < -0.39 is 23.7 Å². The van der Waals surface area contributed by atoms with E-state index in [0.29, 0.717) is 13.0 Å². The van der Waals surface area contributed by atoms with Crippen LogP contribution in [-0.4, -0.2) is 28.8 Å². The molecule has 0 atom stereocenters. The highest BCUT2D eigenvalue weighted by Crippen LogP contribution is 2.29. The molecule has 22 heavy (non-hydrogen) atoms. The Morgan fingerprint density at radius 1 is 1.09 bits per heavy atom. The van der Waals surface area contributed by atoms with Crippen molar-refractivity contribution in [3.8, 4) is 0 Å². The highest BCUT2D eigenvalue weighted by atomic mass is 19.4. The maximum Gasteiger partial charge on any atom is 0.416 e. The van der Waals surface area contributed by atoms with E-state index in [1.54, 1.807) is 12.2 Å². The Bertz CT molecular complexity index is 499. The summed E-state index contributed by atoms with van der Waals surface area (Å²) in [5, 5.41) is 14.8. The zero-order valence-electron chi connectivity index (χ0n) is 11.2. The van der Waals surface area contributed by atoms with Crippen LogP contribution < -0.4 is 5.90 Å². The second-order valence-electron chi connectivity index (χ2n) is 3.81. The largest absolute Gasteiger partial charge is 0.473 e. The first-order valence-electron chi connectivity index (χ1n) is 5.77. The molecule has 0 aromatic heterocycles. The molecular formula is C13H14F3NO5. The monoisotopic (exact) mass is 321 g/mol. The Hall–Kier alpha value is -2.39. The van der Waals surface area contributed by atoms with Gasteiger partial charge in [-0.15, -0.1) is 0 Å². The molecule has 0 radical (unpaired) electrons. The zero-order valence-corrected chi connectivity index (χ0v) is 11.2.